The predicted octanol–water partition coefficient (Wildman–Crippen LogP) is -1.80. The summed E-state index contributed by atoms with van der Waals surface area (Å²) in [6, 6.07) is 0.589. The van der Waals surface area contributed by atoms with Gasteiger partial charge in [-0.3, -0.25) is 19.2 Å². The van der Waals surface area contributed by atoms with E-state index in [-0.39, 0.29) is 25.0 Å². The van der Waals surface area contributed by atoms with Crippen molar-refractivity contribution in [3.05, 3.63) is 29.8 Å². The molecular weight excluding hydrogens is 506 g/mol. The van der Waals surface area contributed by atoms with E-state index in [9.17, 15) is 39.3 Å². The standard InChI is InChI=1S/C23H35N5O8S/c1-12(29)19(23(35)36)28-22(34)17(11-13-3-5-14(30)6-4-13)27-21(33)16(7-8-18(25)31)26-20(32)15(24)9-10-37-2/h3-6,12,15-17,19,29-30H,7-11,24H2,1-2H3,(H2,25,31)(H,26,32)(H,27,33)(H,28,34)(H,35,36). The Bertz CT molecular complexity index is 944. The van der Waals surface area contributed by atoms with E-state index >= 15 is 0 Å². The van der Waals surface area contributed by atoms with Gasteiger partial charge < -0.3 is 42.7 Å². The lowest BCUT2D eigenvalue weighted by Gasteiger charge is -2.26. The zero-order valence-electron chi connectivity index (χ0n) is 20.7. The third kappa shape index (κ3) is 11.5. The predicted molar refractivity (Wildman–Crippen MR) is 136 cm³/mol. The van der Waals surface area contributed by atoms with Crippen LogP contribution in [0.1, 0.15) is 31.7 Å². The van der Waals surface area contributed by atoms with Crippen molar-refractivity contribution in [1.29, 1.82) is 0 Å². The van der Waals surface area contributed by atoms with Crippen LogP contribution in [-0.2, 0) is 30.4 Å². The minimum Gasteiger partial charge on any atom is -0.508 e. The van der Waals surface area contributed by atoms with Crippen molar-refractivity contribution in [3.63, 3.8) is 0 Å². The quantitative estimate of drug-likeness (QED) is 0.117. The molecule has 37 heavy (non-hydrogen) atoms. The first kappa shape index (κ1) is 31.7. The van der Waals surface area contributed by atoms with Gasteiger partial charge in [0.05, 0.1) is 12.1 Å². The minimum atomic E-state index is -1.65. The van der Waals surface area contributed by atoms with Crippen LogP contribution in [-0.4, -0.2) is 87.2 Å². The van der Waals surface area contributed by atoms with E-state index < -0.39 is 59.9 Å². The second kappa shape index (κ2) is 15.7. The first-order valence-electron chi connectivity index (χ1n) is 11.5. The number of aliphatic hydroxyl groups is 1. The number of nitrogens with two attached hydrogens (primary N) is 2. The molecule has 4 amide bonds. The van der Waals surface area contributed by atoms with Gasteiger partial charge in [-0.2, -0.15) is 11.8 Å². The Hall–Kier alpha value is -3.36. The molecule has 0 aromatic heterocycles. The highest BCUT2D eigenvalue weighted by molar-refractivity contribution is 7.98. The number of hydrogen-bond donors (Lipinski definition) is 8. The first-order valence-corrected chi connectivity index (χ1v) is 12.9. The summed E-state index contributed by atoms with van der Waals surface area (Å²) in [5, 5.41) is 35.7. The smallest absolute Gasteiger partial charge is 0.328 e. The summed E-state index contributed by atoms with van der Waals surface area (Å²) < 4.78 is 0. The number of nitrogens with one attached hydrogen (secondary N) is 3. The van der Waals surface area contributed by atoms with Crippen LogP contribution in [0.2, 0.25) is 0 Å². The average molecular weight is 542 g/mol. The number of amides is 4. The maximum atomic E-state index is 13.1. The monoisotopic (exact) mass is 541 g/mol. The van der Waals surface area contributed by atoms with E-state index in [1.807, 2.05) is 6.26 Å². The second-order valence-corrected chi connectivity index (χ2v) is 9.44. The number of primary amides is 1. The molecule has 1 aromatic carbocycles. The Morgan fingerprint density at radius 1 is 0.946 bits per heavy atom. The van der Waals surface area contributed by atoms with Crippen molar-refractivity contribution >= 4 is 41.4 Å². The van der Waals surface area contributed by atoms with Gasteiger partial charge in [-0.25, -0.2) is 4.79 Å². The number of carboxylic acids is 1. The van der Waals surface area contributed by atoms with E-state index in [0.29, 0.717) is 17.7 Å². The summed E-state index contributed by atoms with van der Waals surface area (Å²) in [4.78, 5) is 61.4. The van der Waals surface area contributed by atoms with Crippen LogP contribution in [0.3, 0.4) is 0 Å². The van der Waals surface area contributed by atoms with Crippen molar-refractivity contribution in [2.45, 2.75) is 62.9 Å². The summed E-state index contributed by atoms with van der Waals surface area (Å²) in [7, 11) is 0. The second-order valence-electron chi connectivity index (χ2n) is 8.45. The lowest BCUT2D eigenvalue weighted by Crippen LogP contribution is -2.58. The fourth-order valence-electron chi connectivity index (χ4n) is 3.20. The highest BCUT2D eigenvalue weighted by Crippen LogP contribution is 2.12. The van der Waals surface area contributed by atoms with Crippen LogP contribution in [0.4, 0.5) is 0 Å². The molecule has 0 saturated carbocycles. The highest BCUT2D eigenvalue weighted by atomic mass is 32.2. The van der Waals surface area contributed by atoms with Gasteiger partial charge in [-0.15, -0.1) is 0 Å². The number of carboxylic acid groups (broad SMARTS) is 1. The number of aliphatic hydroxyl groups excluding tert-OH is 1. The summed E-state index contributed by atoms with van der Waals surface area (Å²) >= 11 is 1.49. The number of carbonyl (C=O) groups is 5. The van der Waals surface area contributed by atoms with Crippen molar-refractivity contribution in [2.75, 3.05) is 12.0 Å². The number of rotatable bonds is 16. The van der Waals surface area contributed by atoms with Gasteiger partial charge in [-0.1, -0.05) is 12.1 Å². The molecule has 5 unspecified atom stereocenters. The molecule has 14 heteroatoms. The minimum absolute atomic E-state index is 0.0270. The van der Waals surface area contributed by atoms with Gasteiger partial charge in [0.1, 0.15) is 17.8 Å². The molecule has 0 heterocycles. The number of aliphatic carboxylic acids is 1. The molecule has 1 aromatic rings. The van der Waals surface area contributed by atoms with Crippen LogP contribution in [0, 0.1) is 0 Å². The average Bonchev–Trinajstić information content (AvgIpc) is 2.83. The number of thioether (sulfide) groups is 1. The number of hydrogen-bond acceptors (Lipinski definition) is 9. The molecule has 0 spiro atoms. The van der Waals surface area contributed by atoms with Crippen LogP contribution in [0.25, 0.3) is 0 Å². The molecule has 13 nitrogen and oxygen atoms in total. The molecule has 5 atom stereocenters. The number of phenolic OH excluding ortho intramolecular Hbond substituents is 1. The Kier molecular flexibility index (Phi) is 13.4. The highest BCUT2D eigenvalue weighted by Gasteiger charge is 2.32. The van der Waals surface area contributed by atoms with Crippen LogP contribution in [0.5, 0.6) is 5.75 Å². The Morgan fingerprint density at radius 3 is 2.03 bits per heavy atom. The van der Waals surface area contributed by atoms with Gasteiger partial charge in [0.25, 0.3) is 0 Å². The molecule has 1 rings (SSSR count). The molecule has 10 N–H and O–H groups in total. The van der Waals surface area contributed by atoms with Gasteiger partial charge in [0.2, 0.25) is 23.6 Å². The van der Waals surface area contributed by atoms with Gasteiger partial charge in [-0.05, 0) is 49.5 Å². The zero-order chi connectivity index (χ0) is 28.1. The summed E-state index contributed by atoms with van der Waals surface area (Å²) in [5.41, 5.74) is 11.6. The lowest BCUT2D eigenvalue weighted by atomic mass is 10.0. The van der Waals surface area contributed by atoms with Crippen molar-refractivity contribution in [1.82, 2.24) is 16.0 Å². The summed E-state index contributed by atoms with van der Waals surface area (Å²) in [5.74, 6) is -3.97. The summed E-state index contributed by atoms with van der Waals surface area (Å²) in [6.07, 6.45) is 0.237. The SMILES string of the molecule is CSCCC(N)C(=O)NC(CCC(N)=O)C(=O)NC(Cc1ccc(O)cc1)C(=O)NC(C(=O)O)C(C)O. The molecular formula is C23H35N5O8S. The largest absolute Gasteiger partial charge is 0.508 e. The summed E-state index contributed by atoms with van der Waals surface area (Å²) in [6.45, 7) is 1.18. The molecule has 206 valence electrons. The van der Waals surface area contributed by atoms with Crippen molar-refractivity contribution in [3.8, 4) is 5.75 Å². The molecule has 0 aliphatic rings. The third-order valence-corrected chi connectivity index (χ3v) is 5.98. The fourth-order valence-corrected chi connectivity index (χ4v) is 3.69. The Labute approximate surface area is 218 Å². The molecule has 0 aliphatic heterocycles. The topological polar surface area (TPSA) is 234 Å². The number of aromatic hydroxyl groups is 1. The lowest BCUT2D eigenvalue weighted by molar-refractivity contribution is -0.145. The maximum Gasteiger partial charge on any atom is 0.328 e. The fraction of sp³-hybridized carbons (Fsp3) is 0.522. The first-order chi connectivity index (χ1) is 17.3. The van der Waals surface area contributed by atoms with Crippen LogP contribution >= 0.6 is 11.8 Å². The molecule has 0 saturated heterocycles. The van der Waals surface area contributed by atoms with Gasteiger partial charge in [0, 0.05) is 12.8 Å². The van der Waals surface area contributed by atoms with E-state index in [2.05, 4.69) is 16.0 Å². The normalized spacial score (nSPS) is 14.9. The molecule has 0 bridgehead atoms. The van der Waals surface area contributed by atoms with Crippen LogP contribution < -0.4 is 27.4 Å². The number of carbonyl (C=O) groups excluding carboxylic acids is 4. The van der Waals surface area contributed by atoms with Gasteiger partial charge in [0.15, 0.2) is 6.04 Å². The van der Waals surface area contributed by atoms with Crippen molar-refractivity contribution in [2.24, 2.45) is 11.5 Å². The molecule has 0 radical (unpaired) electrons. The number of benzene rings is 1. The number of phenols is 1. The van der Waals surface area contributed by atoms with E-state index in [0.717, 1.165) is 0 Å². The Balaban J connectivity index is 3.15. The molecule has 0 fully saturated rings. The van der Waals surface area contributed by atoms with Gasteiger partial charge >= 0.3 is 5.97 Å². The Morgan fingerprint density at radius 2 is 1.51 bits per heavy atom. The van der Waals surface area contributed by atoms with E-state index in [1.165, 1.54) is 43.0 Å². The van der Waals surface area contributed by atoms with E-state index in [4.69, 9.17) is 11.5 Å². The third-order valence-electron chi connectivity index (χ3n) is 5.34. The molecule has 0 aliphatic carbocycles. The zero-order valence-corrected chi connectivity index (χ0v) is 21.5. The van der Waals surface area contributed by atoms with Crippen LogP contribution in [0.15, 0.2) is 24.3 Å². The van der Waals surface area contributed by atoms with Crippen molar-refractivity contribution < 1.29 is 39.3 Å². The van der Waals surface area contributed by atoms with E-state index in [1.54, 1.807) is 0 Å². The maximum absolute atomic E-state index is 13.1.